The van der Waals surface area contributed by atoms with Gasteiger partial charge >= 0.3 is 6.18 Å². The number of piperidine rings is 1. The Kier molecular flexibility index (Phi) is 7.09. The first kappa shape index (κ1) is 22.9. The second kappa shape index (κ2) is 9.59. The van der Waals surface area contributed by atoms with Gasteiger partial charge in [0.15, 0.2) is 5.82 Å². The molecule has 1 aromatic heterocycles. The molecule has 1 aliphatic rings. The normalized spacial score (nSPS) is 15.0. The van der Waals surface area contributed by atoms with E-state index in [9.17, 15) is 22.4 Å². The number of amides is 1. The van der Waals surface area contributed by atoms with E-state index in [1.807, 2.05) is 10.3 Å². The largest absolute Gasteiger partial charge is 0.496 e. The van der Waals surface area contributed by atoms with Crippen LogP contribution >= 0.6 is 11.6 Å². The van der Waals surface area contributed by atoms with Gasteiger partial charge in [-0.25, -0.2) is 9.37 Å². The lowest BCUT2D eigenvalue weighted by molar-refractivity contribution is -0.153. The van der Waals surface area contributed by atoms with Gasteiger partial charge in [-0.2, -0.15) is 13.2 Å². The summed E-state index contributed by atoms with van der Waals surface area (Å²) in [5, 5.41) is 0.177. The summed E-state index contributed by atoms with van der Waals surface area (Å²) in [6.07, 6.45) is -3.33. The minimum Gasteiger partial charge on any atom is -0.496 e. The Bertz CT molecular complexity index is 934. The average Bonchev–Trinajstić information content (AvgIpc) is 2.72. The molecule has 2 N–H and O–H groups in total. The number of hydrogen-bond acceptors (Lipinski definition) is 5. The lowest BCUT2D eigenvalue weighted by atomic mass is 9.88. The van der Waals surface area contributed by atoms with Crippen molar-refractivity contribution in [2.24, 2.45) is 0 Å². The first-order valence-electron chi connectivity index (χ1n) is 9.52. The van der Waals surface area contributed by atoms with Crippen LogP contribution < -0.4 is 20.5 Å². The van der Waals surface area contributed by atoms with Gasteiger partial charge in [-0.15, -0.1) is 0 Å². The number of ether oxygens (including phenoxy) is 1. The van der Waals surface area contributed by atoms with Crippen molar-refractivity contribution >= 4 is 29.0 Å². The van der Waals surface area contributed by atoms with E-state index in [-0.39, 0.29) is 22.6 Å². The molecule has 0 atom stereocenters. The van der Waals surface area contributed by atoms with Crippen LogP contribution in [0.5, 0.6) is 5.75 Å². The van der Waals surface area contributed by atoms with E-state index in [0.717, 1.165) is 18.4 Å². The standard InChI is InChI=1S/C20H21ClF4N4O2/c1-31-16-3-2-13(22)10-14(16)12-5-8-29(9-6-12)15-4-7-26-19(18(15)21)28-27-17(30)11-20(23,24)25/h2-4,7,10,12H,5-6,8-9,11H2,1H3,(H,26,28)(H,27,30). The molecule has 1 fully saturated rings. The van der Waals surface area contributed by atoms with Gasteiger partial charge in [0.2, 0.25) is 5.91 Å². The third-order valence-corrected chi connectivity index (χ3v) is 5.39. The fourth-order valence-corrected chi connectivity index (χ4v) is 3.85. The Morgan fingerprint density at radius 1 is 1.29 bits per heavy atom. The molecule has 2 aromatic rings. The molecule has 11 heteroatoms. The van der Waals surface area contributed by atoms with Crippen LogP contribution in [-0.2, 0) is 4.79 Å². The zero-order valence-electron chi connectivity index (χ0n) is 16.6. The van der Waals surface area contributed by atoms with Crippen LogP contribution in [0.25, 0.3) is 0 Å². The lowest BCUT2D eigenvalue weighted by Crippen LogP contribution is -2.35. The van der Waals surface area contributed by atoms with Crippen molar-refractivity contribution in [1.29, 1.82) is 0 Å². The van der Waals surface area contributed by atoms with Gasteiger partial charge in [0, 0.05) is 24.8 Å². The number of methoxy groups -OCH3 is 1. The minimum absolute atomic E-state index is 0.0450. The van der Waals surface area contributed by atoms with Crippen LogP contribution in [0, 0.1) is 5.82 Å². The second-order valence-electron chi connectivity index (χ2n) is 7.11. The van der Waals surface area contributed by atoms with E-state index < -0.39 is 18.5 Å². The number of alkyl halides is 3. The van der Waals surface area contributed by atoms with E-state index in [1.54, 1.807) is 19.2 Å². The third-order valence-electron chi connectivity index (χ3n) is 5.02. The highest BCUT2D eigenvalue weighted by molar-refractivity contribution is 6.35. The van der Waals surface area contributed by atoms with E-state index in [4.69, 9.17) is 16.3 Å². The van der Waals surface area contributed by atoms with Crippen LogP contribution in [0.2, 0.25) is 5.02 Å². The van der Waals surface area contributed by atoms with Gasteiger partial charge < -0.3 is 9.64 Å². The average molecular weight is 461 g/mol. The first-order chi connectivity index (χ1) is 14.7. The van der Waals surface area contributed by atoms with Gasteiger partial charge in [0.1, 0.15) is 23.0 Å². The van der Waals surface area contributed by atoms with Crippen LogP contribution in [0.4, 0.5) is 29.1 Å². The van der Waals surface area contributed by atoms with Crippen molar-refractivity contribution in [2.75, 3.05) is 30.5 Å². The Hall–Kier alpha value is -2.75. The summed E-state index contributed by atoms with van der Waals surface area (Å²) in [6, 6.07) is 6.15. The molecule has 168 valence electrons. The molecule has 0 radical (unpaired) electrons. The number of nitrogens with one attached hydrogen (secondary N) is 2. The van der Waals surface area contributed by atoms with Crippen LogP contribution in [0.15, 0.2) is 30.5 Å². The first-order valence-corrected chi connectivity index (χ1v) is 9.90. The summed E-state index contributed by atoms with van der Waals surface area (Å²) >= 11 is 6.37. The molecule has 31 heavy (non-hydrogen) atoms. The van der Waals surface area contributed by atoms with E-state index in [2.05, 4.69) is 10.4 Å². The van der Waals surface area contributed by atoms with Gasteiger partial charge in [-0.1, -0.05) is 11.6 Å². The molecule has 1 aliphatic heterocycles. The Morgan fingerprint density at radius 3 is 2.65 bits per heavy atom. The monoisotopic (exact) mass is 460 g/mol. The maximum Gasteiger partial charge on any atom is 0.397 e. The Labute approximate surface area is 181 Å². The maximum atomic E-state index is 13.7. The van der Waals surface area contributed by atoms with Gasteiger partial charge in [0.05, 0.1) is 12.8 Å². The zero-order chi connectivity index (χ0) is 22.6. The van der Waals surface area contributed by atoms with Crippen molar-refractivity contribution < 1.29 is 27.1 Å². The van der Waals surface area contributed by atoms with Crippen molar-refractivity contribution in [1.82, 2.24) is 10.4 Å². The summed E-state index contributed by atoms with van der Waals surface area (Å²) in [7, 11) is 1.55. The topological polar surface area (TPSA) is 66.5 Å². The van der Waals surface area contributed by atoms with Crippen molar-refractivity contribution in [2.45, 2.75) is 31.4 Å². The zero-order valence-corrected chi connectivity index (χ0v) is 17.4. The Morgan fingerprint density at radius 2 is 2.00 bits per heavy atom. The molecule has 6 nitrogen and oxygen atoms in total. The number of hydrogen-bond donors (Lipinski definition) is 2. The molecular weight excluding hydrogens is 440 g/mol. The predicted octanol–water partition coefficient (Wildman–Crippen LogP) is 4.66. The molecule has 1 amide bonds. The lowest BCUT2D eigenvalue weighted by Gasteiger charge is -2.35. The molecule has 3 rings (SSSR count). The van der Waals surface area contributed by atoms with Crippen LogP contribution in [0.1, 0.15) is 30.7 Å². The smallest absolute Gasteiger partial charge is 0.397 e. The molecule has 1 aromatic carbocycles. The highest BCUT2D eigenvalue weighted by Gasteiger charge is 2.31. The fourth-order valence-electron chi connectivity index (χ4n) is 3.58. The number of rotatable bonds is 6. The summed E-state index contributed by atoms with van der Waals surface area (Å²) < 4.78 is 55.9. The molecule has 0 saturated carbocycles. The number of carbonyl (C=O) groups is 1. The number of anilines is 2. The highest BCUT2D eigenvalue weighted by Crippen LogP contribution is 2.38. The molecule has 0 aliphatic carbocycles. The SMILES string of the molecule is COc1ccc(F)cc1C1CCN(c2ccnc(NNC(=O)CC(F)(F)F)c2Cl)CC1. The minimum atomic E-state index is -4.61. The molecule has 1 saturated heterocycles. The van der Waals surface area contributed by atoms with Crippen molar-refractivity contribution in [3.63, 3.8) is 0 Å². The molecule has 0 bridgehead atoms. The van der Waals surface area contributed by atoms with E-state index >= 15 is 0 Å². The number of hydrazine groups is 1. The number of aromatic nitrogens is 1. The summed E-state index contributed by atoms with van der Waals surface area (Å²) in [5.41, 5.74) is 5.74. The van der Waals surface area contributed by atoms with Gasteiger partial charge in [-0.3, -0.25) is 15.6 Å². The molecule has 0 unspecified atom stereocenters. The number of benzene rings is 1. The Balaban J connectivity index is 1.65. The summed E-state index contributed by atoms with van der Waals surface area (Å²) in [6.45, 7) is 1.24. The maximum absolute atomic E-state index is 13.7. The fraction of sp³-hybridized carbons (Fsp3) is 0.400. The number of halogens is 5. The number of carbonyl (C=O) groups excluding carboxylic acids is 1. The van der Waals surface area contributed by atoms with Crippen molar-refractivity contribution in [3.05, 3.63) is 46.9 Å². The molecule has 0 spiro atoms. The molecular formula is C20H21ClF4N4O2. The second-order valence-corrected chi connectivity index (χ2v) is 7.48. The molecule has 2 heterocycles. The predicted molar refractivity (Wildman–Crippen MR) is 109 cm³/mol. The summed E-state index contributed by atoms with van der Waals surface area (Å²) in [5.74, 6) is -0.771. The van der Waals surface area contributed by atoms with Crippen LogP contribution in [-0.4, -0.2) is 37.3 Å². The van der Waals surface area contributed by atoms with E-state index in [1.165, 1.54) is 18.3 Å². The number of pyridine rings is 1. The van der Waals surface area contributed by atoms with E-state index in [0.29, 0.717) is 24.5 Å². The number of nitrogens with zero attached hydrogens (tertiary/aromatic N) is 2. The summed E-state index contributed by atoms with van der Waals surface area (Å²) in [4.78, 5) is 17.3. The van der Waals surface area contributed by atoms with Crippen molar-refractivity contribution in [3.8, 4) is 5.75 Å². The van der Waals surface area contributed by atoms with Crippen LogP contribution in [0.3, 0.4) is 0 Å². The third kappa shape index (κ3) is 5.90. The van der Waals surface area contributed by atoms with Gasteiger partial charge in [-0.05, 0) is 43.0 Å². The highest BCUT2D eigenvalue weighted by atomic mass is 35.5. The quantitative estimate of drug-likeness (QED) is 0.485. The van der Waals surface area contributed by atoms with Gasteiger partial charge in [0.25, 0.3) is 0 Å².